The molecule has 0 aromatic heterocycles. The molecule has 2 N–H and O–H groups in total. The summed E-state index contributed by atoms with van der Waals surface area (Å²) in [5.74, 6) is -1.09. The van der Waals surface area contributed by atoms with E-state index in [1.54, 1.807) is 0 Å². The maximum absolute atomic E-state index is 11.9. The molecule has 0 unspecified atom stereocenters. The quantitative estimate of drug-likeness (QED) is 0.200. The highest BCUT2D eigenvalue weighted by Crippen LogP contribution is 2.38. The number of halogens is 10. The van der Waals surface area contributed by atoms with Crippen molar-refractivity contribution in [3.05, 3.63) is 44.4 Å². The third-order valence-electron chi connectivity index (χ3n) is 2.67. The number of isocyanates is 1. The molecule has 0 aliphatic heterocycles. The van der Waals surface area contributed by atoms with Crippen LogP contribution >= 0.6 is 46.4 Å². The fourth-order valence-corrected chi connectivity index (χ4v) is 2.66. The van der Waals surface area contributed by atoms with Crippen molar-refractivity contribution in [2.75, 3.05) is 5.73 Å². The van der Waals surface area contributed by atoms with Crippen LogP contribution in [0.25, 0.3) is 0 Å². The third-order valence-corrected chi connectivity index (χ3v) is 3.87. The SMILES string of the molecule is Nc1c(Cl)cc(OC(F)(F)F)cc1Cl.O=C=Nc1c(Cl)cc(OC(F)(F)F)cc1Cl. The van der Waals surface area contributed by atoms with Gasteiger partial charge in [0.1, 0.15) is 17.2 Å². The maximum atomic E-state index is 11.9. The lowest BCUT2D eigenvalue weighted by Crippen LogP contribution is -2.17. The molecule has 15 heteroatoms. The molecule has 0 aliphatic carbocycles. The number of carbonyl (C=O) groups excluding carboxylic acids is 1. The molecule has 0 radical (unpaired) electrons. The lowest BCUT2D eigenvalue weighted by atomic mass is 10.3. The van der Waals surface area contributed by atoms with E-state index in [-0.39, 0.29) is 31.5 Å². The Morgan fingerprint density at radius 2 is 1.10 bits per heavy atom. The minimum Gasteiger partial charge on any atom is -0.406 e. The van der Waals surface area contributed by atoms with E-state index in [4.69, 9.17) is 52.1 Å². The zero-order valence-electron chi connectivity index (χ0n) is 13.8. The van der Waals surface area contributed by atoms with Crippen LogP contribution in [0.3, 0.4) is 0 Å². The molecule has 0 atom stereocenters. The van der Waals surface area contributed by atoms with Gasteiger partial charge in [-0.1, -0.05) is 46.4 Å². The fraction of sp³-hybridized carbons (Fsp3) is 0.133. The number of nitrogen functional groups attached to an aromatic ring is 1. The lowest BCUT2D eigenvalue weighted by Gasteiger charge is -2.10. The van der Waals surface area contributed by atoms with Gasteiger partial charge in [-0.25, -0.2) is 4.79 Å². The fourth-order valence-electron chi connectivity index (χ4n) is 1.64. The Morgan fingerprint density at radius 1 is 0.767 bits per heavy atom. The first-order chi connectivity index (χ1) is 13.6. The van der Waals surface area contributed by atoms with E-state index in [2.05, 4.69) is 14.5 Å². The van der Waals surface area contributed by atoms with Gasteiger partial charge >= 0.3 is 12.7 Å². The van der Waals surface area contributed by atoms with Crippen molar-refractivity contribution in [1.82, 2.24) is 0 Å². The van der Waals surface area contributed by atoms with E-state index in [1.807, 2.05) is 0 Å². The van der Waals surface area contributed by atoms with Gasteiger partial charge in [0.25, 0.3) is 0 Å². The average Bonchev–Trinajstić information content (AvgIpc) is 2.53. The number of nitrogens with two attached hydrogens (primary N) is 1. The van der Waals surface area contributed by atoms with Gasteiger partial charge in [-0.2, -0.15) is 4.99 Å². The summed E-state index contributed by atoms with van der Waals surface area (Å²) in [6.07, 6.45) is -8.44. The summed E-state index contributed by atoms with van der Waals surface area (Å²) >= 11 is 22.1. The first-order valence-corrected chi connectivity index (χ1v) is 8.47. The molecule has 2 aromatic carbocycles. The number of hydrogen-bond donors (Lipinski definition) is 1. The number of rotatable bonds is 3. The summed E-state index contributed by atoms with van der Waals surface area (Å²) in [5, 5.41) is -0.654. The Balaban J connectivity index is 0.000000303. The Hall–Kier alpha value is -2.04. The monoisotopic (exact) mass is 516 g/mol. The smallest absolute Gasteiger partial charge is 0.406 e. The molecule has 0 bridgehead atoms. The zero-order chi connectivity index (χ0) is 23.3. The van der Waals surface area contributed by atoms with Crippen LogP contribution in [-0.4, -0.2) is 18.8 Å². The van der Waals surface area contributed by atoms with Gasteiger partial charge in [0.05, 0.1) is 25.8 Å². The van der Waals surface area contributed by atoms with Crippen LogP contribution in [0.5, 0.6) is 11.5 Å². The Labute approximate surface area is 183 Å². The topological polar surface area (TPSA) is 73.9 Å². The van der Waals surface area contributed by atoms with Gasteiger partial charge in [0.15, 0.2) is 0 Å². The maximum Gasteiger partial charge on any atom is 0.573 e. The molecule has 2 rings (SSSR count). The lowest BCUT2D eigenvalue weighted by molar-refractivity contribution is -0.275. The van der Waals surface area contributed by atoms with Crippen LogP contribution in [0.1, 0.15) is 0 Å². The van der Waals surface area contributed by atoms with E-state index in [9.17, 15) is 31.1 Å². The standard InChI is InChI=1S/C8H2Cl2F3NO2.C7H4Cl2F3NO/c9-5-1-4(16-8(11,12)13)2-6(10)7(5)14-3-15;8-4-1-3(14-7(10,11)12)2-5(9)6(4)13/h1-2H;1-2H,13H2. The number of aliphatic imine (C=N–C) groups is 1. The van der Waals surface area contributed by atoms with Crippen molar-refractivity contribution in [3.8, 4) is 11.5 Å². The van der Waals surface area contributed by atoms with E-state index in [1.165, 1.54) is 6.08 Å². The number of hydrogen-bond acceptors (Lipinski definition) is 5. The first-order valence-electron chi connectivity index (χ1n) is 6.96. The minimum absolute atomic E-state index is 0.0165. The second-order valence-electron chi connectivity index (χ2n) is 4.83. The molecular formula is C15H6Cl4F6N2O3. The molecule has 30 heavy (non-hydrogen) atoms. The largest absolute Gasteiger partial charge is 0.573 e. The van der Waals surface area contributed by atoms with E-state index < -0.39 is 24.2 Å². The van der Waals surface area contributed by atoms with Gasteiger partial charge in [0.2, 0.25) is 6.08 Å². The van der Waals surface area contributed by atoms with Gasteiger partial charge in [-0.05, 0) is 0 Å². The van der Waals surface area contributed by atoms with Crippen molar-refractivity contribution in [3.63, 3.8) is 0 Å². The van der Waals surface area contributed by atoms with Gasteiger partial charge in [0, 0.05) is 24.3 Å². The van der Waals surface area contributed by atoms with Crippen molar-refractivity contribution >= 4 is 63.9 Å². The number of anilines is 1. The highest BCUT2D eigenvalue weighted by molar-refractivity contribution is 6.39. The zero-order valence-corrected chi connectivity index (χ0v) is 16.9. The molecular weight excluding hydrogens is 512 g/mol. The summed E-state index contributed by atoms with van der Waals surface area (Å²) in [6.45, 7) is 0. The summed E-state index contributed by atoms with van der Waals surface area (Å²) < 4.78 is 78.1. The van der Waals surface area contributed by atoms with E-state index in [0.717, 1.165) is 24.3 Å². The molecule has 0 saturated heterocycles. The molecule has 5 nitrogen and oxygen atoms in total. The minimum atomic E-state index is -4.85. The summed E-state index contributed by atoms with van der Waals surface area (Å²) in [7, 11) is 0. The van der Waals surface area contributed by atoms with Crippen molar-refractivity contribution in [1.29, 1.82) is 0 Å². The van der Waals surface area contributed by atoms with Crippen LogP contribution < -0.4 is 15.2 Å². The van der Waals surface area contributed by atoms with Crippen LogP contribution in [0.4, 0.5) is 37.7 Å². The molecule has 2 aromatic rings. The summed E-state index contributed by atoms with van der Waals surface area (Å²) in [4.78, 5) is 13.1. The first kappa shape index (κ1) is 26.0. The number of nitrogens with zero attached hydrogens (tertiary/aromatic N) is 1. The highest BCUT2D eigenvalue weighted by atomic mass is 35.5. The Kier molecular flexibility index (Phi) is 8.94. The van der Waals surface area contributed by atoms with Crippen molar-refractivity contribution in [2.24, 2.45) is 4.99 Å². The number of ether oxygens (including phenoxy) is 2. The molecule has 0 heterocycles. The third kappa shape index (κ3) is 8.76. The second-order valence-corrected chi connectivity index (χ2v) is 6.46. The van der Waals surface area contributed by atoms with Crippen molar-refractivity contribution in [2.45, 2.75) is 12.7 Å². The number of alkyl halides is 6. The highest BCUT2D eigenvalue weighted by Gasteiger charge is 2.32. The van der Waals surface area contributed by atoms with Gasteiger partial charge in [-0.15, -0.1) is 26.3 Å². The molecule has 0 aliphatic rings. The summed E-state index contributed by atoms with van der Waals surface area (Å²) in [5.41, 5.74) is 5.17. The van der Waals surface area contributed by atoms with Gasteiger partial charge in [-0.3, -0.25) is 0 Å². The van der Waals surface area contributed by atoms with E-state index in [0.29, 0.717) is 0 Å². The van der Waals surface area contributed by atoms with Crippen molar-refractivity contribution < 1.29 is 40.6 Å². The van der Waals surface area contributed by atoms with Crippen LogP contribution in [0.15, 0.2) is 29.3 Å². The van der Waals surface area contributed by atoms with E-state index >= 15 is 0 Å². The molecule has 0 saturated carbocycles. The average molecular weight is 518 g/mol. The number of benzene rings is 2. The molecule has 0 amide bonds. The summed E-state index contributed by atoms with van der Waals surface area (Å²) in [6, 6.07) is 3.57. The predicted octanol–water partition coefficient (Wildman–Crippen LogP) is 7.33. The van der Waals surface area contributed by atoms with Gasteiger partial charge < -0.3 is 15.2 Å². The predicted molar refractivity (Wildman–Crippen MR) is 98.5 cm³/mol. The van der Waals surface area contributed by atoms with Crippen LogP contribution in [0.2, 0.25) is 20.1 Å². The normalized spacial score (nSPS) is 11.1. The second kappa shape index (κ2) is 10.3. The molecule has 0 spiro atoms. The molecule has 0 fully saturated rings. The Bertz CT molecular complexity index is 916. The molecule has 164 valence electrons. The van der Waals surface area contributed by atoms with Crippen LogP contribution in [-0.2, 0) is 4.79 Å². The van der Waals surface area contributed by atoms with Crippen LogP contribution in [0, 0.1) is 0 Å². The Morgan fingerprint density at radius 3 is 1.40 bits per heavy atom.